The van der Waals surface area contributed by atoms with Crippen molar-refractivity contribution < 1.29 is 4.39 Å². The first-order chi connectivity index (χ1) is 10.2. The molecule has 1 unspecified atom stereocenters. The number of halogens is 1. The zero-order chi connectivity index (χ0) is 14.4. The van der Waals surface area contributed by atoms with E-state index in [9.17, 15) is 4.39 Å². The molecule has 21 heavy (non-hydrogen) atoms. The molecule has 0 radical (unpaired) electrons. The Morgan fingerprint density at radius 3 is 2.57 bits per heavy atom. The number of rotatable bonds is 1. The summed E-state index contributed by atoms with van der Waals surface area (Å²) >= 11 is 0. The lowest BCUT2D eigenvalue weighted by Crippen LogP contribution is -2.52. The lowest BCUT2D eigenvalue weighted by Gasteiger charge is -2.52. The first-order valence-electron chi connectivity index (χ1n) is 8.27. The van der Waals surface area contributed by atoms with Crippen LogP contribution in [0.3, 0.4) is 0 Å². The number of aromatic nitrogens is 1. The molecule has 112 valence electrons. The Balaban J connectivity index is 1.59. The molecule has 3 aliphatic rings. The highest BCUT2D eigenvalue weighted by molar-refractivity contribution is 5.60. The average Bonchev–Trinajstić information content (AvgIpc) is 2.53. The van der Waals surface area contributed by atoms with E-state index in [4.69, 9.17) is 5.73 Å². The fraction of sp³-hybridized carbons (Fsp3) is 0.611. The second-order valence-corrected chi connectivity index (χ2v) is 7.13. The Kier molecular flexibility index (Phi) is 3.14. The molecule has 1 aromatic heterocycles. The van der Waals surface area contributed by atoms with E-state index in [1.807, 2.05) is 6.20 Å². The molecule has 1 aromatic rings. The van der Waals surface area contributed by atoms with Gasteiger partial charge in [-0.25, -0.2) is 4.39 Å². The van der Waals surface area contributed by atoms with E-state index >= 15 is 0 Å². The molecule has 2 N–H and O–H groups in total. The van der Waals surface area contributed by atoms with Crippen molar-refractivity contribution in [1.29, 1.82) is 0 Å². The molecule has 0 aromatic carbocycles. The maximum Gasteiger partial charge on any atom is 0.101 e. The van der Waals surface area contributed by atoms with Crippen molar-refractivity contribution in [2.45, 2.75) is 63.3 Å². The molecular formula is C18H23FN2. The van der Waals surface area contributed by atoms with Crippen LogP contribution in [-0.4, -0.2) is 11.0 Å². The van der Waals surface area contributed by atoms with Crippen LogP contribution in [0.4, 0.5) is 4.39 Å². The first-order valence-corrected chi connectivity index (χ1v) is 8.27. The molecule has 0 bridgehead atoms. The highest BCUT2D eigenvalue weighted by Crippen LogP contribution is 2.54. The second-order valence-electron chi connectivity index (χ2n) is 7.13. The number of nitrogens with two attached hydrogens (primary N) is 1. The summed E-state index contributed by atoms with van der Waals surface area (Å²) in [5.41, 5.74) is 10.1. The summed E-state index contributed by atoms with van der Waals surface area (Å²) in [6, 6.07) is 2.53. The van der Waals surface area contributed by atoms with Crippen LogP contribution in [0.1, 0.15) is 67.7 Å². The lowest BCUT2D eigenvalue weighted by molar-refractivity contribution is 0.0389. The van der Waals surface area contributed by atoms with Gasteiger partial charge in [0.2, 0.25) is 0 Å². The van der Waals surface area contributed by atoms with Crippen molar-refractivity contribution in [2.24, 2.45) is 11.1 Å². The maximum absolute atomic E-state index is 13.7. The average molecular weight is 286 g/mol. The Hall–Kier alpha value is -1.22. The van der Waals surface area contributed by atoms with E-state index in [1.165, 1.54) is 44.1 Å². The molecule has 0 amide bonds. The van der Waals surface area contributed by atoms with Crippen molar-refractivity contribution in [3.05, 3.63) is 34.9 Å². The monoisotopic (exact) mass is 286 g/mol. The van der Waals surface area contributed by atoms with E-state index in [0.717, 1.165) is 17.7 Å². The van der Waals surface area contributed by atoms with Crippen LogP contribution in [-0.2, 0) is 6.42 Å². The summed E-state index contributed by atoms with van der Waals surface area (Å²) in [7, 11) is 0. The quantitative estimate of drug-likeness (QED) is 0.844. The van der Waals surface area contributed by atoms with Crippen LogP contribution >= 0.6 is 0 Å². The largest absolute Gasteiger partial charge is 0.327 e. The van der Waals surface area contributed by atoms with Gasteiger partial charge in [-0.3, -0.25) is 4.98 Å². The Morgan fingerprint density at radius 2 is 1.90 bits per heavy atom. The number of pyridine rings is 1. The summed E-state index contributed by atoms with van der Waals surface area (Å²) in [6.45, 7) is 0. The molecule has 3 heteroatoms. The van der Waals surface area contributed by atoms with E-state index in [2.05, 4.69) is 11.1 Å². The minimum atomic E-state index is 0.00467. The van der Waals surface area contributed by atoms with Gasteiger partial charge in [0.1, 0.15) is 5.83 Å². The van der Waals surface area contributed by atoms with Gasteiger partial charge in [-0.05, 0) is 74.0 Å². The highest BCUT2D eigenvalue weighted by atomic mass is 19.1. The predicted molar refractivity (Wildman–Crippen MR) is 82.5 cm³/mol. The SMILES string of the molecule is NC1CCC12CCC(c1ccnc3c1C=C(F)CC3)CC2. The van der Waals surface area contributed by atoms with Crippen molar-refractivity contribution in [3.63, 3.8) is 0 Å². The van der Waals surface area contributed by atoms with Crippen LogP contribution in [0, 0.1) is 5.41 Å². The molecule has 2 saturated carbocycles. The van der Waals surface area contributed by atoms with Crippen molar-refractivity contribution in [1.82, 2.24) is 4.98 Å². The molecule has 1 heterocycles. The summed E-state index contributed by atoms with van der Waals surface area (Å²) < 4.78 is 13.7. The molecule has 2 fully saturated rings. The molecule has 2 nitrogen and oxygen atoms in total. The summed E-state index contributed by atoms with van der Waals surface area (Å²) in [4.78, 5) is 4.45. The predicted octanol–water partition coefficient (Wildman–Crippen LogP) is 4.10. The lowest BCUT2D eigenvalue weighted by atomic mass is 9.55. The number of nitrogens with zero attached hydrogens (tertiary/aromatic N) is 1. The molecular weight excluding hydrogens is 263 g/mol. The van der Waals surface area contributed by atoms with Crippen LogP contribution in [0.15, 0.2) is 18.1 Å². The van der Waals surface area contributed by atoms with Crippen molar-refractivity contribution in [2.75, 3.05) is 0 Å². The van der Waals surface area contributed by atoms with Gasteiger partial charge in [0, 0.05) is 29.9 Å². The molecule has 1 spiro atoms. The molecule has 1 atom stereocenters. The minimum Gasteiger partial charge on any atom is -0.327 e. The zero-order valence-electron chi connectivity index (χ0n) is 12.4. The Morgan fingerprint density at radius 1 is 1.14 bits per heavy atom. The van der Waals surface area contributed by atoms with Crippen molar-refractivity contribution >= 4 is 6.08 Å². The van der Waals surface area contributed by atoms with Gasteiger partial charge in [0.25, 0.3) is 0 Å². The van der Waals surface area contributed by atoms with E-state index < -0.39 is 0 Å². The van der Waals surface area contributed by atoms with E-state index in [-0.39, 0.29) is 5.83 Å². The normalized spacial score (nSPS) is 35.0. The maximum atomic E-state index is 13.7. The Bertz CT molecular complexity index is 585. The Labute approximate surface area is 125 Å². The molecule has 3 aliphatic carbocycles. The van der Waals surface area contributed by atoms with Gasteiger partial charge < -0.3 is 5.73 Å². The minimum absolute atomic E-state index is 0.00467. The third kappa shape index (κ3) is 2.13. The number of fused-ring (bicyclic) bond motifs is 1. The number of hydrogen-bond acceptors (Lipinski definition) is 2. The van der Waals surface area contributed by atoms with Gasteiger partial charge in [-0.15, -0.1) is 0 Å². The first kappa shape index (κ1) is 13.4. The highest BCUT2D eigenvalue weighted by Gasteiger charge is 2.46. The molecule has 0 aliphatic heterocycles. The summed E-state index contributed by atoms with van der Waals surface area (Å²) in [5.74, 6) is 0.562. The fourth-order valence-corrected chi connectivity index (χ4v) is 4.57. The van der Waals surface area contributed by atoms with E-state index in [0.29, 0.717) is 23.8 Å². The third-order valence-electron chi connectivity index (χ3n) is 6.17. The van der Waals surface area contributed by atoms with Crippen LogP contribution in [0.2, 0.25) is 0 Å². The van der Waals surface area contributed by atoms with Gasteiger partial charge >= 0.3 is 0 Å². The topological polar surface area (TPSA) is 38.9 Å². The van der Waals surface area contributed by atoms with Crippen LogP contribution in [0.25, 0.3) is 6.08 Å². The van der Waals surface area contributed by atoms with Crippen LogP contribution in [0.5, 0.6) is 0 Å². The van der Waals surface area contributed by atoms with Gasteiger partial charge in [-0.1, -0.05) is 0 Å². The number of aryl methyl sites for hydroxylation is 1. The summed E-state index contributed by atoms with van der Waals surface area (Å²) in [6.07, 6.45) is 12.3. The van der Waals surface area contributed by atoms with Crippen LogP contribution < -0.4 is 5.73 Å². The molecule has 0 saturated heterocycles. The zero-order valence-corrected chi connectivity index (χ0v) is 12.4. The van der Waals surface area contributed by atoms with Gasteiger partial charge in [0.15, 0.2) is 0 Å². The fourth-order valence-electron chi connectivity index (χ4n) is 4.57. The van der Waals surface area contributed by atoms with Gasteiger partial charge in [-0.2, -0.15) is 0 Å². The van der Waals surface area contributed by atoms with Gasteiger partial charge in [0.05, 0.1) is 0 Å². The smallest absolute Gasteiger partial charge is 0.101 e. The third-order valence-corrected chi connectivity index (χ3v) is 6.17. The second kappa shape index (κ2) is 4.91. The standard InChI is InChI=1S/C18H23FN2/c19-13-1-2-16-15(11-13)14(6-10-21-16)12-3-7-18(8-4-12)9-5-17(18)20/h6,10-12,17H,1-5,7-9,20H2. The van der Waals surface area contributed by atoms with Crippen molar-refractivity contribution in [3.8, 4) is 0 Å². The summed E-state index contributed by atoms with van der Waals surface area (Å²) in [5, 5.41) is 0. The van der Waals surface area contributed by atoms with E-state index in [1.54, 1.807) is 6.08 Å². The number of allylic oxidation sites excluding steroid dienone is 1. The molecule has 4 rings (SSSR count). The number of hydrogen-bond donors (Lipinski definition) is 1.